The van der Waals surface area contributed by atoms with E-state index in [0.717, 1.165) is 28.4 Å². The Labute approximate surface area is 115 Å². The van der Waals surface area contributed by atoms with E-state index < -0.39 is 0 Å². The molecule has 0 aliphatic heterocycles. The molecular weight excluding hydrogens is 327 g/mol. The van der Waals surface area contributed by atoms with Crippen LogP contribution in [0.15, 0.2) is 24.3 Å². The van der Waals surface area contributed by atoms with Gasteiger partial charge in [-0.25, -0.2) is 0 Å². The molecule has 3 nitrogen and oxygen atoms in total. The van der Waals surface area contributed by atoms with Crippen LogP contribution in [0.25, 0.3) is 0 Å². The Balaban J connectivity index is 2.01. The van der Waals surface area contributed by atoms with E-state index in [-0.39, 0.29) is 18.0 Å². The van der Waals surface area contributed by atoms with Crippen molar-refractivity contribution in [1.29, 1.82) is 0 Å². The van der Waals surface area contributed by atoms with Crippen molar-refractivity contribution in [2.75, 3.05) is 0 Å². The minimum atomic E-state index is -0.00846. The highest BCUT2D eigenvalue weighted by Crippen LogP contribution is 2.17. The van der Waals surface area contributed by atoms with Gasteiger partial charge in [-0.05, 0) is 53.6 Å². The van der Waals surface area contributed by atoms with Crippen molar-refractivity contribution in [3.8, 4) is 0 Å². The van der Waals surface area contributed by atoms with E-state index in [0.29, 0.717) is 0 Å². The van der Waals surface area contributed by atoms with E-state index in [9.17, 15) is 4.79 Å². The number of amides is 1. The van der Waals surface area contributed by atoms with Crippen LogP contribution < -0.4 is 11.1 Å². The van der Waals surface area contributed by atoms with Gasteiger partial charge in [0.15, 0.2) is 0 Å². The normalized spacial score (nSPS) is 24.4. The highest BCUT2D eigenvalue weighted by atomic mass is 127. The van der Waals surface area contributed by atoms with Gasteiger partial charge in [0, 0.05) is 21.2 Å². The quantitative estimate of drug-likeness (QED) is 0.809. The van der Waals surface area contributed by atoms with E-state index in [1.165, 1.54) is 6.42 Å². The molecule has 1 fully saturated rings. The zero-order valence-corrected chi connectivity index (χ0v) is 11.8. The number of hydrogen-bond acceptors (Lipinski definition) is 2. The summed E-state index contributed by atoms with van der Waals surface area (Å²) in [6.45, 7) is 0. The summed E-state index contributed by atoms with van der Waals surface area (Å²) < 4.78 is 1.07. The van der Waals surface area contributed by atoms with Crippen LogP contribution in [0.1, 0.15) is 36.0 Å². The minimum Gasteiger partial charge on any atom is -0.348 e. The Kier molecular flexibility index (Phi) is 4.39. The fourth-order valence-electron chi connectivity index (χ4n) is 2.22. The largest absolute Gasteiger partial charge is 0.348 e. The molecule has 1 aliphatic carbocycles. The average molecular weight is 344 g/mol. The van der Waals surface area contributed by atoms with E-state index in [1.54, 1.807) is 0 Å². The van der Waals surface area contributed by atoms with Crippen molar-refractivity contribution in [3.63, 3.8) is 0 Å². The summed E-state index contributed by atoms with van der Waals surface area (Å²) in [5.74, 6) is -0.00846. The zero-order chi connectivity index (χ0) is 12.3. The Hall–Kier alpha value is -0.620. The molecule has 3 N–H and O–H groups in total. The number of benzene rings is 1. The standard InChI is InChI=1S/C13H17IN2O/c14-10-5-3-4-9(8-10)13(17)16-12-7-2-1-6-11(12)15/h3-5,8,11-12H,1-2,6-7,15H2,(H,16,17). The molecule has 1 saturated carbocycles. The van der Waals surface area contributed by atoms with E-state index in [4.69, 9.17) is 5.73 Å². The van der Waals surface area contributed by atoms with Crippen LogP contribution in [0.3, 0.4) is 0 Å². The summed E-state index contributed by atoms with van der Waals surface area (Å²) in [5, 5.41) is 3.04. The number of rotatable bonds is 2. The third kappa shape index (κ3) is 3.42. The molecule has 0 heterocycles. The summed E-state index contributed by atoms with van der Waals surface area (Å²) in [7, 11) is 0. The molecule has 0 saturated heterocycles. The summed E-state index contributed by atoms with van der Waals surface area (Å²) >= 11 is 2.21. The average Bonchev–Trinajstić information content (AvgIpc) is 2.32. The first-order chi connectivity index (χ1) is 8.16. The number of nitrogens with one attached hydrogen (secondary N) is 1. The molecule has 92 valence electrons. The molecule has 1 aliphatic rings. The predicted molar refractivity (Wildman–Crippen MR) is 76.9 cm³/mol. The second-order valence-electron chi connectivity index (χ2n) is 4.54. The zero-order valence-electron chi connectivity index (χ0n) is 9.66. The fourth-order valence-corrected chi connectivity index (χ4v) is 2.76. The van der Waals surface area contributed by atoms with Crippen LogP contribution in [0.2, 0.25) is 0 Å². The Morgan fingerprint density at radius 1 is 1.35 bits per heavy atom. The van der Waals surface area contributed by atoms with Crippen LogP contribution >= 0.6 is 22.6 Å². The number of carbonyl (C=O) groups excluding carboxylic acids is 1. The molecule has 0 spiro atoms. The first kappa shape index (κ1) is 12.8. The number of halogens is 1. The summed E-state index contributed by atoms with van der Waals surface area (Å²) in [6, 6.07) is 7.85. The van der Waals surface area contributed by atoms with Crippen molar-refractivity contribution in [2.45, 2.75) is 37.8 Å². The monoisotopic (exact) mass is 344 g/mol. The van der Waals surface area contributed by atoms with Crippen molar-refractivity contribution >= 4 is 28.5 Å². The van der Waals surface area contributed by atoms with E-state index in [2.05, 4.69) is 27.9 Å². The van der Waals surface area contributed by atoms with Crippen LogP contribution in [0.5, 0.6) is 0 Å². The molecule has 1 amide bonds. The van der Waals surface area contributed by atoms with Crippen molar-refractivity contribution < 1.29 is 4.79 Å². The van der Waals surface area contributed by atoms with Crippen LogP contribution in [-0.4, -0.2) is 18.0 Å². The molecule has 17 heavy (non-hydrogen) atoms. The molecule has 0 aromatic heterocycles. The Morgan fingerprint density at radius 3 is 2.82 bits per heavy atom. The molecule has 0 bridgehead atoms. The molecular formula is C13H17IN2O. The van der Waals surface area contributed by atoms with Gasteiger partial charge in [0.25, 0.3) is 5.91 Å². The molecule has 1 aromatic rings. The van der Waals surface area contributed by atoms with Gasteiger partial charge in [-0.15, -0.1) is 0 Å². The molecule has 4 heteroatoms. The van der Waals surface area contributed by atoms with Gasteiger partial charge in [-0.2, -0.15) is 0 Å². The van der Waals surface area contributed by atoms with Gasteiger partial charge in [-0.3, -0.25) is 4.79 Å². The van der Waals surface area contributed by atoms with Gasteiger partial charge < -0.3 is 11.1 Å². The van der Waals surface area contributed by atoms with E-state index in [1.807, 2.05) is 24.3 Å². The Morgan fingerprint density at radius 2 is 2.12 bits per heavy atom. The molecule has 0 radical (unpaired) electrons. The fraction of sp³-hybridized carbons (Fsp3) is 0.462. The van der Waals surface area contributed by atoms with Gasteiger partial charge in [0.1, 0.15) is 0 Å². The second-order valence-corrected chi connectivity index (χ2v) is 5.78. The lowest BCUT2D eigenvalue weighted by Crippen LogP contribution is -2.49. The summed E-state index contributed by atoms with van der Waals surface area (Å²) in [6.07, 6.45) is 4.34. The minimum absolute atomic E-state index is 0.00846. The van der Waals surface area contributed by atoms with Crippen LogP contribution in [0.4, 0.5) is 0 Å². The highest BCUT2D eigenvalue weighted by Gasteiger charge is 2.23. The highest BCUT2D eigenvalue weighted by molar-refractivity contribution is 14.1. The maximum atomic E-state index is 12.0. The number of hydrogen-bond donors (Lipinski definition) is 2. The van der Waals surface area contributed by atoms with Gasteiger partial charge in [0.2, 0.25) is 0 Å². The SMILES string of the molecule is NC1CCCCC1NC(=O)c1cccc(I)c1. The number of nitrogens with two attached hydrogens (primary N) is 1. The molecule has 2 unspecified atom stereocenters. The summed E-state index contributed by atoms with van der Waals surface area (Å²) in [4.78, 5) is 12.0. The molecule has 1 aromatic carbocycles. The first-order valence-electron chi connectivity index (χ1n) is 5.99. The van der Waals surface area contributed by atoms with Crippen LogP contribution in [0, 0.1) is 3.57 Å². The smallest absolute Gasteiger partial charge is 0.251 e. The second kappa shape index (κ2) is 5.82. The van der Waals surface area contributed by atoms with Crippen LogP contribution in [-0.2, 0) is 0 Å². The van der Waals surface area contributed by atoms with E-state index >= 15 is 0 Å². The third-order valence-electron chi connectivity index (χ3n) is 3.22. The van der Waals surface area contributed by atoms with Gasteiger partial charge in [-0.1, -0.05) is 18.9 Å². The maximum absolute atomic E-state index is 12.0. The van der Waals surface area contributed by atoms with Crippen molar-refractivity contribution in [3.05, 3.63) is 33.4 Å². The van der Waals surface area contributed by atoms with Crippen molar-refractivity contribution in [1.82, 2.24) is 5.32 Å². The first-order valence-corrected chi connectivity index (χ1v) is 7.07. The third-order valence-corrected chi connectivity index (χ3v) is 3.89. The summed E-state index contributed by atoms with van der Waals surface area (Å²) in [5.41, 5.74) is 6.74. The lowest BCUT2D eigenvalue weighted by atomic mass is 9.91. The predicted octanol–water partition coefficient (Wildman–Crippen LogP) is 2.29. The van der Waals surface area contributed by atoms with Gasteiger partial charge in [0.05, 0.1) is 0 Å². The van der Waals surface area contributed by atoms with Gasteiger partial charge >= 0.3 is 0 Å². The topological polar surface area (TPSA) is 55.1 Å². The molecule has 2 rings (SSSR count). The lowest BCUT2D eigenvalue weighted by Gasteiger charge is -2.29. The van der Waals surface area contributed by atoms with Crippen molar-refractivity contribution in [2.24, 2.45) is 5.73 Å². The lowest BCUT2D eigenvalue weighted by molar-refractivity contribution is 0.0921. The Bertz CT molecular complexity index is 408. The molecule has 2 atom stereocenters. The number of carbonyl (C=O) groups is 1. The maximum Gasteiger partial charge on any atom is 0.251 e.